The van der Waals surface area contributed by atoms with Gasteiger partial charge in [-0.25, -0.2) is 12.8 Å². The van der Waals surface area contributed by atoms with Gasteiger partial charge in [0.05, 0.1) is 26.3 Å². The van der Waals surface area contributed by atoms with Crippen LogP contribution in [-0.4, -0.2) is 30.4 Å². The Kier molecular flexibility index (Phi) is 7.06. The number of aromatic hydroxyl groups is 1. The van der Waals surface area contributed by atoms with Gasteiger partial charge in [-0.3, -0.25) is 9.52 Å². The van der Waals surface area contributed by atoms with E-state index in [2.05, 4.69) is 4.72 Å². The van der Waals surface area contributed by atoms with Crippen molar-refractivity contribution < 1.29 is 32.6 Å². The number of thioether (sulfide) groups is 1. The molecule has 0 unspecified atom stereocenters. The summed E-state index contributed by atoms with van der Waals surface area (Å²) in [7, 11) is -4.05. The number of carbonyl (C=O) groups is 1. The average molecular weight is 534 g/mol. The van der Waals surface area contributed by atoms with Gasteiger partial charge in [-0.15, -0.1) is 11.8 Å². The van der Waals surface area contributed by atoms with Crippen molar-refractivity contribution in [1.82, 2.24) is 0 Å². The number of aliphatic carboxylic acids is 1. The van der Waals surface area contributed by atoms with Crippen molar-refractivity contribution in [3.8, 4) is 17.2 Å². The van der Waals surface area contributed by atoms with Crippen LogP contribution in [-0.2, 0) is 14.8 Å². The minimum absolute atomic E-state index is 0.0566. The van der Waals surface area contributed by atoms with Crippen molar-refractivity contribution in [2.45, 2.75) is 9.79 Å². The molecule has 0 heterocycles. The Balaban J connectivity index is 1.62. The highest BCUT2D eigenvalue weighted by Gasteiger charge is 2.19. The molecule has 7 nitrogen and oxygen atoms in total. The van der Waals surface area contributed by atoms with E-state index in [-0.39, 0.29) is 37.8 Å². The molecule has 11 heteroatoms. The smallest absolute Gasteiger partial charge is 0.313 e. The minimum Gasteiger partial charge on any atom is -0.506 e. The molecule has 0 bridgehead atoms. The third kappa shape index (κ3) is 5.61. The maximum atomic E-state index is 13.3. The first-order chi connectivity index (χ1) is 16.6. The number of halogens is 2. The number of phenols is 1. The van der Waals surface area contributed by atoms with Crippen molar-refractivity contribution in [3.05, 3.63) is 83.6 Å². The van der Waals surface area contributed by atoms with E-state index in [1.807, 2.05) is 0 Å². The zero-order valence-corrected chi connectivity index (χ0v) is 20.1. The number of nitrogens with one attached hydrogen (secondary N) is 1. The van der Waals surface area contributed by atoms with Crippen LogP contribution in [0.3, 0.4) is 0 Å². The predicted molar refractivity (Wildman–Crippen MR) is 133 cm³/mol. The van der Waals surface area contributed by atoms with Gasteiger partial charge in [0.2, 0.25) is 0 Å². The topological polar surface area (TPSA) is 113 Å². The quantitative estimate of drug-likeness (QED) is 0.185. The summed E-state index contributed by atoms with van der Waals surface area (Å²) in [5, 5.41) is 20.2. The molecule has 0 radical (unpaired) electrons. The zero-order valence-electron chi connectivity index (χ0n) is 17.7. The number of hydrogen-bond acceptors (Lipinski definition) is 6. The molecule has 0 aliphatic rings. The van der Waals surface area contributed by atoms with E-state index >= 15 is 0 Å². The van der Waals surface area contributed by atoms with Crippen LogP contribution in [0.1, 0.15) is 0 Å². The van der Waals surface area contributed by atoms with E-state index in [1.165, 1.54) is 42.5 Å². The SMILES string of the molecule is O=C(O)CSc1cc(NS(=O)(=O)c2ccc(Oc3ccc(F)c(Cl)c3)cc2)c2ccccc2c1O. The normalized spacial score (nSPS) is 11.4. The summed E-state index contributed by atoms with van der Waals surface area (Å²) in [5.74, 6) is -1.50. The highest BCUT2D eigenvalue weighted by atomic mass is 35.5. The van der Waals surface area contributed by atoms with Crippen LogP contribution in [0.5, 0.6) is 17.2 Å². The fourth-order valence-electron chi connectivity index (χ4n) is 3.24. The largest absolute Gasteiger partial charge is 0.506 e. The minimum atomic E-state index is -4.05. The van der Waals surface area contributed by atoms with E-state index in [0.717, 1.165) is 17.8 Å². The van der Waals surface area contributed by atoms with Gasteiger partial charge < -0.3 is 14.9 Å². The number of ether oxygens (including phenoxy) is 1. The van der Waals surface area contributed by atoms with E-state index in [1.54, 1.807) is 24.3 Å². The number of benzene rings is 4. The molecule has 0 saturated heterocycles. The molecule has 0 aliphatic heterocycles. The second kappa shape index (κ2) is 10.0. The predicted octanol–water partition coefficient (Wildman–Crippen LogP) is 6.11. The van der Waals surface area contributed by atoms with Gasteiger partial charge in [-0.2, -0.15) is 0 Å². The molecule has 4 aromatic carbocycles. The fraction of sp³-hybridized carbons (Fsp3) is 0.0417. The van der Waals surface area contributed by atoms with Crippen LogP contribution in [0.15, 0.2) is 82.6 Å². The summed E-state index contributed by atoms with van der Waals surface area (Å²) in [5.41, 5.74) is 0.188. The Hall–Kier alpha value is -3.47. The summed E-state index contributed by atoms with van der Waals surface area (Å²) < 4.78 is 47.6. The lowest BCUT2D eigenvalue weighted by Gasteiger charge is -2.15. The first-order valence-corrected chi connectivity index (χ1v) is 12.8. The number of fused-ring (bicyclic) bond motifs is 1. The van der Waals surface area contributed by atoms with Crippen LogP contribution >= 0.6 is 23.4 Å². The molecule has 0 saturated carbocycles. The molecule has 0 fully saturated rings. The van der Waals surface area contributed by atoms with Crippen molar-refractivity contribution in [2.24, 2.45) is 0 Å². The molecular formula is C24H17ClFNO6S2. The summed E-state index contributed by atoms with van der Waals surface area (Å²) >= 11 is 6.63. The Morgan fingerprint density at radius 2 is 1.66 bits per heavy atom. The van der Waals surface area contributed by atoms with Gasteiger partial charge in [0.1, 0.15) is 23.1 Å². The molecule has 35 heavy (non-hydrogen) atoms. The number of rotatable bonds is 8. The third-order valence-electron chi connectivity index (χ3n) is 4.84. The van der Waals surface area contributed by atoms with Gasteiger partial charge in [-0.05, 0) is 42.5 Å². The van der Waals surface area contributed by atoms with E-state index in [9.17, 15) is 22.7 Å². The lowest BCUT2D eigenvalue weighted by atomic mass is 10.1. The van der Waals surface area contributed by atoms with E-state index in [4.69, 9.17) is 21.4 Å². The van der Waals surface area contributed by atoms with Gasteiger partial charge >= 0.3 is 5.97 Å². The van der Waals surface area contributed by atoms with Crippen LogP contribution in [0.25, 0.3) is 10.8 Å². The summed E-state index contributed by atoms with van der Waals surface area (Å²) in [4.78, 5) is 11.1. The third-order valence-corrected chi connectivity index (χ3v) is 7.52. The van der Waals surface area contributed by atoms with Crippen molar-refractivity contribution in [2.75, 3.05) is 10.5 Å². The molecule has 0 aromatic heterocycles. The molecule has 0 spiro atoms. The van der Waals surface area contributed by atoms with Crippen LogP contribution in [0, 0.1) is 5.82 Å². The van der Waals surface area contributed by atoms with Gasteiger partial charge in [0, 0.05) is 16.8 Å². The number of hydrogen-bond donors (Lipinski definition) is 3. The highest BCUT2D eigenvalue weighted by molar-refractivity contribution is 8.00. The molecule has 3 N–H and O–H groups in total. The number of anilines is 1. The van der Waals surface area contributed by atoms with Crippen LogP contribution in [0.4, 0.5) is 10.1 Å². The number of sulfonamides is 1. The van der Waals surface area contributed by atoms with Crippen molar-refractivity contribution in [3.63, 3.8) is 0 Å². The van der Waals surface area contributed by atoms with Crippen LogP contribution in [0.2, 0.25) is 5.02 Å². The molecule has 4 aromatic rings. The first-order valence-electron chi connectivity index (χ1n) is 9.99. The maximum absolute atomic E-state index is 13.3. The van der Waals surface area contributed by atoms with Gasteiger partial charge in [-0.1, -0.05) is 35.9 Å². The number of carboxylic acids is 1. The van der Waals surface area contributed by atoms with E-state index in [0.29, 0.717) is 16.5 Å². The maximum Gasteiger partial charge on any atom is 0.313 e. The molecule has 180 valence electrons. The monoisotopic (exact) mass is 533 g/mol. The van der Waals surface area contributed by atoms with Crippen molar-refractivity contribution >= 4 is 55.8 Å². The molecule has 0 aliphatic carbocycles. The van der Waals surface area contributed by atoms with Gasteiger partial charge in [0.15, 0.2) is 0 Å². The number of carboxylic acid groups (broad SMARTS) is 1. The lowest BCUT2D eigenvalue weighted by molar-refractivity contribution is -0.133. The zero-order chi connectivity index (χ0) is 25.2. The first kappa shape index (κ1) is 24.6. The lowest BCUT2D eigenvalue weighted by Crippen LogP contribution is -2.13. The van der Waals surface area contributed by atoms with Crippen LogP contribution < -0.4 is 9.46 Å². The Morgan fingerprint density at radius 3 is 2.31 bits per heavy atom. The highest BCUT2D eigenvalue weighted by Crippen LogP contribution is 2.40. The Labute approximate surface area is 209 Å². The Bertz CT molecular complexity index is 1530. The Morgan fingerprint density at radius 1 is 1.00 bits per heavy atom. The molecule has 0 atom stereocenters. The van der Waals surface area contributed by atoms with Crippen molar-refractivity contribution in [1.29, 1.82) is 0 Å². The number of phenolic OH excluding ortho intramolecular Hbond substituents is 1. The average Bonchev–Trinajstić information content (AvgIpc) is 2.82. The van der Waals surface area contributed by atoms with E-state index < -0.39 is 21.8 Å². The second-order valence-corrected chi connectivity index (χ2v) is 10.4. The van der Waals surface area contributed by atoms with Gasteiger partial charge in [0.25, 0.3) is 10.0 Å². The molecule has 4 rings (SSSR count). The standard InChI is InChI=1S/C24H17ClFNO6S2/c25-19-11-15(7-10-20(19)26)33-14-5-8-16(9-6-14)35(31,32)27-21-12-22(34-13-23(28)29)24(30)18-4-2-1-3-17(18)21/h1-12,27,30H,13H2,(H,28,29). The summed E-state index contributed by atoms with van der Waals surface area (Å²) in [6, 6.07) is 17.4. The summed E-state index contributed by atoms with van der Waals surface area (Å²) in [6.07, 6.45) is 0. The molecular weight excluding hydrogens is 517 g/mol. The summed E-state index contributed by atoms with van der Waals surface area (Å²) in [6.45, 7) is 0. The molecule has 0 amide bonds. The fourth-order valence-corrected chi connectivity index (χ4v) is 5.20. The second-order valence-electron chi connectivity index (χ2n) is 7.25.